The van der Waals surface area contributed by atoms with E-state index in [-0.39, 0.29) is 6.04 Å². The summed E-state index contributed by atoms with van der Waals surface area (Å²) in [5, 5.41) is 0. The van der Waals surface area contributed by atoms with E-state index in [1.807, 2.05) is 0 Å². The zero-order chi connectivity index (χ0) is 13.2. The molecule has 2 heteroatoms. The molecule has 1 aromatic carbocycles. The molecule has 0 aromatic heterocycles. The summed E-state index contributed by atoms with van der Waals surface area (Å²) >= 11 is 0. The minimum absolute atomic E-state index is 0.167. The molecule has 3 unspecified atom stereocenters. The van der Waals surface area contributed by atoms with Gasteiger partial charge in [0, 0.05) is 18.6 Å². The lowest BCUT2D eigenvalue weighted by molar-refractivity contribution is 0.106. The maximum Gasteiger partial charge on any atom is 0.0424 e. The molecule has 1 saturated heterocycles. The van der Waals surface area contributed by atoms with Gasteiger partial charge in [-0.25, -0.2) is 0 Å². The highest BCUT2D eigenvalue weighted by Crippen LogP contribution is 2.37. The average molecular weight is 258 g/mol. The SMILES string of the molecule is Cc1ccc(C(N)CN2CCCC3CCCC32)cc1. The predicted molar refractivity (Wildman–Crippen MR) is 80.0 cm³/mol. The number of piperidine rings is 1. The molecule has 2 aliphatic rings. The van der Waals surface area contributed by atoms with Gasteiger partial charge in [-0.15, -0.1) is 0 Å². The highest BCUT2D eigenvalue weighted by Gasteiger charge is 2.35. The molecule has 1 heterocycles. The number of nitrogens with two attached hydrogens (primary N) is 1. The van der Waals surface area contributed by atoms with Crippen LogP contribution in [0.5, 0.6) is 0 Å². The number of benzene rings is 1. The van der Waals surface area contributed by atoms with Crippen molar-refractivity contribution < 1.29 is 0 Å². The summed E-state index contributed by atoms with van der Waals surface area (Å²) in [5.41, 5.74) is 9.01. The molecule has 1 aromatic rings. The lowest BCUT2D eigenvalue weighted by Crippen LogP contribution is -2.45. The molecule has 2 nitrogen and oxygen atoms in total. The van der Waals surface area contributed by atoms with Crippen LogP contribution in [-0.4, -0.2) is 24.0 Å². The summed E-state index contributed by atoms with van der Waals surface area (Å²) in [4.78, 5) is 2.67. The second-order valence-corrected chi connectivity index (χ2v) is 6.41. The molecule has 1 aliphatic heterocycles. The highest BCUT2D eigenvalue weighted by atomic mass is 15.2. The third-order valence-corrected chi connectivity index (χ3v) is 5.04. The van der Waals surface area contributed by atoms with E-state index in [2.05, 4.69) is 36.1 Å². The Hall–Kier alpha value is -0.860. The molecule has 2 N–H and O–H groups in total. The normalized spacial score (nSPS) is 29.2. The van der Waals surface area contributed by atoms with E-state index in [0.717, 1.165) is 18.5 Å². The molecule has 104 valence electrons. The van der Waals surface area contributed by atoms with Gasteiger partial charge < -0.3 is 5.73 Å². The van der Waals surface area contributed by atoms with Gasteiger partial charge in [0.2, 0.25) is 0 Å². The number of fused-ring (bicyclic) bond motifs is 1. The van der Waals surface area contributed by atoms with Crippen LogP contribution in [-0.2, 0) is 0 Å². The van der Waals surface area contributed by atoms with Gasteiger partial charge in [-0.3, -0.25) is 4.90 Å². The molecular formula is C17H26N2. The van der Waals surface area contributed by atoms with Gasteiger partial charge in [0.15, 0.2) is 0 Å². The van der Waals surface area contributed by atoms with Crippen LogP contribution in [0.15, 0.2) is 24.3 Å². The number of hydrogen-bond acceptors (Lipinski definition) is 2. The van der Waals surface area contributed by atoms with Crippen LogP contribution in [0, 0.1) is 12.8 Å². The van der Waals surface area contributed by atoms with Crippen molar-refractivity contribution in [3.05, 3.63) is 35.4 Å². The van der Waals surface area contributed by atoms with Gasteiger partial charge in [-0.2, -0.15) is 0 Å². The first kappa shape index (κ1) is 13.1. The van der Waals surface area contributed by atoms with E-state index in [1.165, 1.54) is 49.8 Å². The molecule has 0 bridgehead atoms. The van der Waals surface area contributed by atoms with Gasteiger partial charge in [-0.05, 0) is 50.6 Å². The van der Waals surface area contributed by atoms with Crippen LogP contribution in [0.3, 0.4) is 0 Å². The number of hydrogen-bond donors (Lipinski definition) is 1. The summed E-state index contributed by atoms with van der Waals surface area (Å²) in [6, 6.07) is 9.71. The van der Waals surface area contributed by atoms with Crippen LogP contribution in [0.4, 0.5) is 0 Å². The Labute approximate surface area is 117 Å². The summed E-state index contributed by atoms with van der Waals surface area (Å²) in [6.45, 7) is 4.41. The van der Waals surface area contributed by atoms with Gasteiger partial charge in [0.1, 0.15) is 0 Å². The molecule has 0 radical (unpaired) electrons. The number of aryl methyl sites for hydroxylation is 1. The standard InChI is InChI=1S/C17H26N2/c1-13-7-9-14(10-8-13)16(18)12-19-11-3-5-15-4-2-6-17(15)19/h7-10,15-17H,2-6,11-12,18H2,1H3. The minimum Gasteiger partial charge on any atom is -0.323 e. The number of nitrogens with zero attached hydrogens (tertiary/aromatic N) is 1. The second kappa shape index (κ2) is 5.64. The third-order valence-electron chi connectivity index (χ3n) is 5.04. The zero-order valence-corrected chi connectivity index (χ0v) is 12.0. The average Bonchev–Trinajstić information content (AvgIpc) is 2.89. The molecule has 2 fully saturated rings. The predicted octanol–water partition coefficient (Wildman–Crippen LogP) is 3.26. The lowest BCUT2D eigenvalue weighted by atomic mass is 9.91. The molecule has 3 rings (SSSR count). The van der Waals surface area contributed by atoms with Crippen molar-refractivity contribution in [2.24, 2.45) is 11.7 Å². The van der Waals surface area contributed by atoms with Gasteiger partial charge in [0.05, 0.1) is 0 Å². The first-order chi connectivity index (χ1) is 9.24. The number of rotatable bonds is 3. The monoisotopic (exact) mass is 258 g/mol. The van der Waals surface area contributed by atoms with Crippen LogP contribution in [0.1, 0.15) is 49.3 Å². The summed E-state index contributed by atoms with van der Waals surface area (Å²) in [6.07, 6.45) is 7.07. The molecule has 1 aliphatic carbocycles. The zero-order valence-electron chi connectivity index (χ0n) is 12.0. The molecule has 0 amide bonds. The maximum absolute atomic E-state index is 6.42. The van der Waals surface area contributed by atoms with Crippen molar-refractivity contribution in [3.63, 3.8) is 0 Å². The van der Waals surface area contributed by atoms with Crippen molar-refractivity contribution in [1.29, 1.82) is 0 Å². The molecule has 3 atom stereocenters. The Morgan fingerprint density at radius 2 is 1.89 bits per heavy atom. The van der Waals surface area contributed by atoms with E-state index >= 15 is 0 Å². The Morgan fingerprint density at radius 3 is 2.68 bits per heavy atom. The van der Waals surface area contributed by atoms with E-state index in [0.29, 0.717) is 0 Å². The Morgan fingerprint density at radius 1 is 1.16 bits per heavy atom. The minimum atomic E-state index is 0.167. The van der Waals surface area contributed by atoms with Crippen molar-refractivity contribution in [1.82, 2.24) is 4.90 Å². The lowest BCUT2D eigenvalue weighted by Gasteiger charge is -2.39. The topological polar surface area (TPSA) is 29.3 Å². The van der Waals surface area contributed by atoms with Gasteiger partial charge in [0.25, 0.3) is 0 Å². The van der Waals surface area contributed by atoms with E-state index in [4.69, 9.17) is 5.73 Å². The third kappa shape index (κ3) is 2.85. The molecular weight excluding hydrogens is 232 g/mol. The fourth-order valence-electron chi connectivity index (χ4n) is 3.96. The molecule has 19 heavy (non-hydrogen) atoms. The number of likely N-dealkylation sites (tertiary alicyclic amines) is 1. The van der Waals surface area contributed by atoms with Crippen LogP contribution < -0.4 is 5.73 Å². The van der Waals surface area contributed by atoms with Crippen molar-refractivity contribution in [2.45, 2.75) is 51.1 Å². The van der Waals surface area contributed by atoms with Crippen molar-refractivity contribution in [2.75, 3.05) is 13.1 Å². The van der Waals surface area contributed by atoms with E-state index in [9.17, 15) is 0 Å². The van der Waals surface area contributed by atoms with E-state index < -0.39 is 0 Å². The first-order valence-corrected chi connectivity index (χ1v) is 7.80. The van der Waals surface area contributed by atoms with Crippen molar-refractivity contribution in [3.8, 4) is 0 Å². The quantitative estimate of drug-likeness (QED) is 0.901. The highest BCUT2D eigenvalue weighted by molar-refractivity contribution is 5.24. The Kier molecular flexibility index (Phi) is 3.90. The van der Waals surface area contributed by atoms with Gasteiger partial charge in [-0.1, -0.05) is 36.2 Å². The van der Waals surface area contributed by atoms with Gasteiger partial charge >= 0.3 is 0 Å². The van der Waals surface area contributed by atoms with Crippen LogP contribution >= 0.6 is 0 Å². The largest absolute Gasteiger partial charge is 0.323 e. The first-order valence-electron chi connectivity index (χ1n) is 7.80. The maximum atomic E-state index is 6.42. The smallest absolute Gasteiger partial charge is 0.0424 e. The molecule has 0 spiro atoms. The Balaban J connectivity index is 1.65. The molecule has 1 saturated carbocycles. The van der Waals surface area contributed by atoms with Crippen molar-refractivity contribution >= 4 is 0 Å². The Bertz CT molecular complexity index is 412. The summed E-state index contributed by atoms with van der Waals surface area (Å²) < 4.78 is 0. The van der Waals surface area contributed by atoms with Crippen LogP contribution in [0.2, 0.25) is 0 Å². The summed E-state index contributed by atoms with van der Waals surface area (Å²) in [5.74, 6) is 0.957. The fourth-order valence-corrected chi connectivity index (χ4v) is 3.96. The summed E-state index contributed by atoms with van der Waals surface area (Å²) in [7, 11) is 0. The van der Waals surface area contributed by atoms with Crippen LogP contribution in [0.25, 0.3) is 0 Å². The van der Waals surface area contributed by atoms with E-state index in [1.54, 1.807) is 0 Å². The fraction of sp³-hybridized carbons (Fsp3) is 0.647. The second-order valence-electron chi connectivity index (χ2n) is 6.41.